The van der Waals surface area contributed by atoms with Crippen LogP contribution in [0.1, 0.15) is 32.0 Å². The Labute approximate surface area is 122 Å². The highest BCUT2D eigenvalue weighted by Crippen LogP contribution is 2.22. The van der Waals surface area contributed by atoms with Crippen LogP contribution in [0.2, 0.25) is 0 Å². The molecule has 2 rings (SSSR count). The molecule has 0 saturated heterocycles. The van der Waals surface area contributed by atoms with E-state index in [1.54, 1.807) is 6.92 Å². The van der Waals surface area contributed by atoms with Crippen LogP contribution in [0.25, 0.3) is 0 Å². The summed E-state index contributed by atoms with van der Waals surface area (Å²) in [4.78, 5) is 11.9. The number of allylic oxidation sites excluding steroid dienone is 2. The highest BCUT2D eigenvalue weighted by molar-refractivity contribution is 7.99. The fraction of sp³-hybridized carbons (Fsp3) is 0.538. The Morgan fingerprint density at radius 2 is 2.25 bits per heavy atom. The van der Waals surface area contributed by atoms with Gasteiger partial charge in [-0.2, -0.15) is 5.26 Å². The van der Waals surface area contributed by atoms with Crippen LogP contribution in [0.4, 0.5) is 0 Å². The van der Waals surface area contributed by atoms with Crippen LogP contribution in [-0.4, -0.2) is 26.3 Å². The van der Waals surface area contributed by atoms with Crippen LogP contribution < -0.4 is 5.73 Å². The van der Waals surface area contributed by atoms with E-state index >= 15 is 0 Å². The molecule has 0 atom stereocenters. The van der Waals surface area contributed by atoms with Gasteiger partial charge in [-0.25, -0.2) is 0 Å². The smallest absolute Gasteiger partial charge is 0.191 e. The van der Waals surface area contributed by atoms with E-state index in [1.165, 1.54) is 18.2 Å². The van der Waals surface area contributed by atoms with E-state index in [2.05, 4.69) is 14.8 Å². The molecular weight excluding hydrogens is 274 g/mol. The Hall–Kier alpha value is -1.81. The summed E-state index contributed by atoms with van der Waals surface area (Å²) in [5, 5.41) is 18.0. The van der Waals surface area contributed by atoms with Gasteiger partial charge >= 0.3 is 0 Å². The number of rotatable bonds is 4. The van der Waals surface area contributed by atoms with Crippen LogP contribution in [0, 0.1) is 11.3 Å². The van der Waals surface area contributed by atoms with Gasteiger partial charge in [0.05, 0.1) is 5.75 Å². The zero-order valence-corrected chi connectivity index (χ0v) is 12.2. The van der Waals surface area contributed by atoms with Gasteiger partial charge in [0.2, 0.25) is 0 Å². The third-order valence-corrected chi connectivity index (χ3v) is 4.16. The third kappa shape index (κ3) is 3.20. The number of nitriles is 1. The van der Waals surface area contributed by atoms with E-state index in [0.717, 1.165) is 36.8 Å². The number of hydrogen-bond donors (Lipinski definition) is 1. The summed E-state index contributed by atoms with van der Waals surface area (Å²) in [5.41, 5.74) is 5.82. The molecule has 0 spiro atoms. The number of Topliss-reactive ketones (excluding diaryl/α,β-unsaturated/α-hetero) is 1. The number of hydrogen-bond acceptors (Lipinski definition) is 6. The maximum absolute atomic E-state index is 11.9. The average Bonchev–Trinajstić information content (AvgIpc) is 2.64. The Kier molecular flexibility index (Phi) is 4.79. The molecule has 0 aromatic carbocycles. The first-order chi connectivity index (χ1) is 9.63. The number of nitrogens with two attached hydrogens (primary N) is 1. The van der Waals surface area contributed by atoms with E-state index in [-0.39, 0.29) is 22.8 Å². The van der Waals surface area contributed by atoms with Crippen LogP contribution in [0.3, 0.4) is 0 Å². The van der Waals surface area contributed by atoms with Crippen molar-refractivity contribution in [3.8, 4) is 6.07 Å². The lowest BCUT2D eigenvalue weighted by Gasteiger charge is -2.06. The maximum atomic E-state index is 11.9. The number of aryl methyl sites for hydroxylation is 1. The average molecular weight is 291 g/mol. The second kappa shape index (κ2) is 6.57. The zero-order chi connectivity index (χ0) is 14.5. The van der Waals surface area contributed by atoms with Crippen molar-refractivity contribution in [2.24, 2.45) is 5.73 Å². The van der Waals surface area contributed by atoms with E-state index < -0.39 is 0 Å². The molecule has 6 nitrogen and oxygen atoms in total. The van der Waals surface area contributed by atoms with E-state index in [1.807, 2.05) is 6.07 Å². The van der Waals surface area contributed by atoms with Crippen LogP contribution in [0.5, 0.6) is 0 Å². The molecule has 1 aromatic rings. The number of fused-ring (bicyclic) bond motifs is 1. The van der Waals surface area contributed by atoms with E-state index in [9.17, 15) is 4.79 Å². The lowest BCUT2D eigenvalue weighted by atomic mass is 10.2. The van der Waals surface area contributed by atoms with Crippen LogP contribution in [-0.2, 0) is 17.8 Å². The molecular formula is C13H17N5OS. The topological polar surface area (TPSA) is 97.6 Å². The Morgan fingerprint density at radius 3 is 2.95 bits per heavy atom. The Balaban J connectivity index is 2.05. The quantitative estimate of drug-likeness (QED) is 0.512. The molecule has 1 aliphatic rings. The van der Waals surface area contributed by atoms with Gasteiger partial charge in [0, 0.05) is 18.7 Å². The standard InChI is InChI=1S/C13H17N5OS/c1-9(15)10(7-14)11(19)8-20-13-17-16-12-5-3-2-4-6-18(12)13/h2-6,8,15H2,1H3/b10-9+. The molecule has 0 aliphatic carbocycles. The summed E-state index contributed by atoms with van der Waals surface area (Å²) in [6, 6.07) is 1.85. The summed E-state index contributed by atoms with van der Waals surface area (Å²) >= 11 is 1.32. The van der Waals surface area contributed by atoms with Crippen molar-refractivity contribution in [3.63, 3.8) is 0 Å². The van der Waals surface area contributed by atoms with Crippen molar-refractivity contribution in [1.82, 2.24) is 14.8 Å². The largest absolute Gasteiger partial charge is 0.401 e. The fourth-order valence-corrected chi connectivity index (χ4v) is 2.99. The summed E-state index contributed by atoms with van der Waals surface area (Å²) in [6.07, 6.45) is 4.38. The van der Waals surface area contributed by atoms with Crippen molar-refractivity contribution in [2.45, 2.75) is 44.3 Å². The highest BCUT2D eigenvalue weighted by atomic mass is 32.2. The first-order valence-corrected chi connectivity index (χ1v) is 7.56. The number of carbonyl (C=O) groups is 1. The molecule has 0 unspecified atom stereocenters. The highest BCUT2D eigenvalue weighted by Gasteiger charge is 2.17. The molecule has 2 N–H and O–H groups in total. The normalized spacial score (nSPS) is 15.8. The summed E-state index contributed by atoms with van der Waals surface area (Å²) in [6.45, 7) is 2.46. The summed E-state index contributed by atoms with van der Waals surface area (Å²) in [5.74, 6) is 0.891. The molecule has 7 heteroatoms. The summed E-state index contributed by atoms with van der Waals surface area (Å²) in [7, 11) is 0. The predicted octanol–water partition coefficient (Wildman–Crippen LogP) is 1.42. The number of carbonyl (C=O) groups excluding carboxylic acids is 1. The first kappa shape index (κ1) is 14.6. The van der Waals surface area contributed by atoms with Gasteiger partial charge in [-0.05, 0) is 19.8 Å². The first-order valence-electron chi connectivity index (χ1n) is 6.58. The molecule has 0 bridgehead atoms. The van der Waals surface area contributed by atoms with Gasteiger partial charge in [-0.3, -0.25) is 4.79 Å². The minimum atomic E-state index is -0.261. The van der Waals surface area contributed by atoms with Gasteiger partial charge < -0.3 is 10.3 Å². The molecule has 0 saturated carbocycles. The van der Waals surface area contributed by atoms with Crippen molar-refractivity contribution < 1.29 is 4.79 Å². The maximum Gasteiger partial charge on any atom is 0.191 e. The van der Waals surface area contributed by atoms with Gasteiger partial charge in [-0.1, -0.05) is 18.2 Å². The lowest BCUT2D eigenvalue weighted by Crippen LogP contribution is -2.11. The number of nitrogens with zero attached hydrogens (tertiary/aromatic N) is 4. The van der Waals surface area contributed by atoms with Gasteiger partial charge in [0.1, 0.15) is 17.5 Å². The second-order valence-corrected chi connectivity index (χ2v) is 5.69. The minimum absolute atomic E-state index is 0.0353. The molecule has 2 heterocycles. The second-order valence-electron chi connectivity index (χ2n) is 4.74. The van der Waals surface area contributed by atoms with Crippen LogP contribution >= 0.6 is 11.8 Å². The molecule has 1 aromatic heterocycles. The third-order valence-electron chi connectivity index (χ3n) is 3.19. The van der Waals surface area contributed by atoms with Gasteiger partial charge in [0.25, 0.3) is 0 Å². The lowest BCUT2D eigenvalue weighted by molar-refractivity contribution is -0.112. The molecule has 0 amide bonds. The molecule has 20 heavy (non-hydrogen) atoms. The Morgan fingerprint density at radius 1 is 1.45 bits per heavy atom. The van der Waals surface area contributed by atoms with Crippen molar-refractivity contribution in [2.75, 3.05) is 5.75 Å². The molecule has 0 fully saturated rings. The molecule has 1 aliphatic heterocycles. The molecule has 0 radical (unpaired) electrons. The predicted molar refractivity (Wildman–Crippen MR) is 75.8 cm³/mol. The zero-order valence-electron chi connectivity index (χ0n) is 11.4. The number of aromatic nitrogens is 3. The molecule has 106 valence electrons. The fourth-order valence-electron chi connectivity index (χ4n) is 2.14. The van der Waals surface area contributed by atoms with Gasteiger partial charge in [-0.15, -0.1) is 10.2 Å². The number of ketones is 1. The number of thioether (sulfide) groups is 1. The monoisotopic (exact) mass is 291 g/mol. The van der Waals surface area contributed by atoms with Gasteiger partial charge in [0.15, 0.2) is 10.9 Å². The van der Waals surface area contributed by atoms with E-state index in [4.69, 9.17) is 11.0 Å². The van der Waals surface area contributed by atoms with Crippen LogP contribution in [0.15, 0.2) is 16.4 Å². The van der Waals surface area contributed by atoms with Crippen molar-refractivity contribution >= 4 is 17.5 Å². The van der Waals surface area contributed by atoms with Crippen molar-refractivity contribution in [3.05, 3.63) is 17.1 Å². The minimum Gasteiger partial charge on any atom is -0.401 e. The summed E-state index contributed by atoms with van der Waals surface area (Å²) < 4.78 is 2.08. The Bertz CT molecular complexity index is 580. The van der Waals surface area contributed by atoms with Crippen molar-refractivity contribution in [1.29, 1.82) is 5.26 Å². The van der Waals surface area contributed by atoms with E-state index in [0.29, 0.717) is 0 Å². The SMILES string of the molecule is C/C(N)=C(/C#N)C(=O)CSc1nnc2n1CCCCC2.